The normalized spacial score (nSPS) is 24.0. The Kier molecular flexibility index (Phi) is 0.279. The quantitative estimate of drug-likeness (QED) is 0.375. The molecular formula is C5H4B. The van der Waals surface area contributed by atoms with Gasteiger partial charge in [0.25, 0.3) is 0 Å². The molecule has 0 aromatic rings. The molecule has 0 saturated heterocycles. The first-order valence-corrected chi connectivity index (χ1v) is 2.21. The van der Waals surface area contributed by atoms with Gasteiger partial charge in [-0.25, -0.2) is 0 Å². The largest absolute Gasteiger partial charge is 0.184 e. The molecule has 1 radical (unpaired) electrons. The molecule has 0 N–H and O–H groups in total. The summed E-state index contributed by atoms with van der Waals surface area (Å²) in [6.45, 7) is 0. The van der Waals surface area contributed by atoms with E-state index in [0.29, 0.717) is 0 Å². The Hall–Kier alpha value is -0.455. The molecule has 0 bridgehead atoms. The molecule has 0 fully saturated rings. The molecule has 0 unspecified atom stereocenters. The van der Waals surface area contributed by atoms with Gasteiger partial charge in [-0.3, -0.25) is 0 Å². The second-order valence-corrected chi connectivity index (χ2v) is 1.73. The lowest BCUT2D eigenvalue weighted by atomic mass is 9.88. The maximum absolute atomic E-state index is 2.22. The molecule has 2 rings (SSSR count). The molecule has 0 amide bonds. The highest BCUT2D eigenvalue weighted by Gasteiger charge is 2.22. The van der Waals surface area contributed by atoms with E-state index in [0.717, 1.165) is 0 Å². The molecule has 27 valence electrons. The fourth-order valence-electron chi connectivity index (χ4n) is 0.796. The van der Waals surface area contributed by atoms with Crippen LogP contribution in [-0.4, -0.2) is 7.28 Å². The summed E-state index contributed by atoms with van der Waals surface area (Å²) >= 11 is 0. The van der Waals surface area contributed by atoms with Gasteiger partial charge in [0.15, 0.2) is 7.28 Å². The Morgan fingerprint density at radius 3 is 2.83 bits per heavy atom. The van der Waals surface area contributed by atoms with Crippen LogP contribution in [0, 0.1) is 0 Å². The molecule has 2 aliphatic rings. The van der Waals surface area contributed by atoms with Gasteiger partial charge in [-0.2, -0.15) is 0 Å². The lowest BCUT2D eigenvalue weighted by molar-refractivity contribution is 1.42. The van der Waals surface area contributed by atoms with Crippen molar-refractivity contribution in [1.82, 2.24) is 0 Å². The minimum absolute atomic E-state index is 1.20. The Labute approximate surface area is 37.8 Å². The van der Waals surface area contributed by atoms with Crippen LogP contribution in [0.15, 0.2) is 23.1 Å². The zero-order valence-electron chi connectivity index (χ0n) is 3.44. The lowest BCUT2D eigenvalue weighted by Crippen LogP contribution is -1.67. The topological polar surface area (TPSA) is 0 Å². The smallest absolute Gasteiger partial charge is 0.105 e. The van der Waals surface area contributed by atoms with Crippen molar-refractivity contribution in [1.29, 1.82) is 0 Å². The third-order valence-electron chi connectivity index (χ3n) is 1.25. The van der Waals surface area contributed by atoms with Crippen molar-refractivity contribution in [3.63, 3.8) is 0 Å². The average Bonchev–Trinajstić information content (AvgIpc) is 2.17. The standard InChI is InChI=1S/C5H4B/c1-2-4-5(3-1)6-4/h1-2H,3H2. The lowest BCUT2D eigenvalue weighted by Gasteiger charge is -1.73. The molecule has 0 nitrogen and oxygen atoms in total. The van der Waals surface area contributed by atoms with Crippen molar-refractivity contribution in [3.8, 4) is 0 Å². The van der Waals surface area contributed by atoms with Crippen LogP contribution in [0.5, 0.6) is 0 Å². The van der Waals surface area contributed by atoms with Gasteiger partial charge in [-0.05, 0) is 6.42 Å². The number of hydrogen-bond acceptors (Lipinski definition) is 0. The number of rotatable bonds is 0. The Bertz CT molecular complexity index is 142. The van der Waals surface area contributed by atoms with Gasteiger partial charge < -0.3 is 0 Å². The second-order valence-electron chi connectivity index (χ2n) is 1.73. The molecule has 0 aromatic heterocycles. The van der Waals surface area contributed by atoms with Crippen molar-refractivity contribution in [2.45, 2.75) is 6.42 Å². The molecule has 0 aromatic carbocycles. The van der Waals surface area contributed by atoms with E-state index in [1.165, 1.54) is 11.9 Å². The van der Waals surface area contributed by atoms with E-state index < -0.39 is 0 Å². The van der Waals surface area contributed by atoms with Crippen molar-refractivity contribution in [3.05, 3.63) is 23.1 Å². The van der Waals surface area contributed by atoms with Crippen molar-refractivity contribution < 1.29 is 0 Å². The minimum atomic E-state index is 1.20. The molecule has 0 saturated carbocycles. The van der Waals surface area contributed by atoms with E-state index in [9.17, 15) is 0 Å². The van der Waals surface area contributed by atoms with E-state index in [1.807, 2.05) is 0 Å². The third kappa shape index (κ3) is 0.172. The fourth-order valence-corrected chi connectivity index (χ4v) is 0.796. The van der Waals surface area contributed by atoms with Gasteiger partial charge in [-0.1, -0.05) is 17.6 Å². The predicted octanol–water partition coefficient (Wildman–Crippen LogP) is 0.876. The van der Waals surface area contributed by atoms with Gasteiger partial charge in [-0.15, -0.1) is 5.47 Å². The van der Waals surface area contributed by atoms with Gasteiger partial charge in [0.1, 0.15) is 0 Å². The molecule has 6 heavy (non-hydrogen) atoms. The van der Waals surface area contributed by atoms with Crippen LogP contribution in [0.25, 0.3) is 0 Å². The maximum atomic E-state index is 2.22. The highest BCUT2D eigenvalue weighted by Crippen LogP contribution is 2.30. The Morgan fingerprint density at radius 1 is 1.67 bits per heavy atom. The van der Waals surface area contributed by atoms with Crippen molar-refractivity contribution >= 4 is 7.28 Å². The summed E-state index contributed by atoms with van der Waals surface area (Å²) in [5.41, 5.74) is 3.03. The van der Waals surface area contributed by atoms with E-state index >= 15 is 0 Å². The molecule has 0 spiro atoms. The zero-order chi connectivity index (χ0) is 3.98. The predicted molar refractivity (Wildman–Crippen MR) is 26.5 cm³/mol. The van der Waals surface area contributed by atoms with Crippen LogP contribution in [0.2, 0.25) is 0 Å². The van der Waals surface area contributed by atoms with E-state index in [-0.39, 0.29) is 0 Å². The van der Waals surface area contributed by atoms with E-state index in [4.69, 9.17) is 0 Å². The number of hydrogen-bond donors (Lipinski definition) is 0. The summed E-state index contributed by atoms with van der Waals surface area (Å²) in [5.74, 6) is 0. The summed E-state index contributed by atoms with van der Waals surface area (Å²) in [4.78, 5) is 0. The van der Waals surface area contributed by atoms with Gasteiger partial charge >= 0.3 is 0 Å². The van der Waals surface area contributed by atoms with Crippen molar-refractivity contribution in [2.75, 3.05) is 0 Å². The first kappa shape index (κ1) is 2.67. The Balaban J connectivity index is 2.48. The van der Waals surface area contributed by atoms with Gasteiger partial charge in [0, 0.05) is 0 Å². The highest BCUT2D eigenvalue weighted by atomic mass is 14.1. The van der Waals surface area contributed by atoms with Crippen LogP contribution < -0.4 is 0 Å². The molecule has 1 aliphatic carbocycles. The van der Waals surface area contributed by atoms with Crippen molar-refractivity contribution in [2.24, 2.45) is 0 Å². The first-order valence-electron chi connectivity index (χ1n) is 2.21. The second kappa shape index (κ2) is 0.627. The zero-order valence-corrected chi connectivity index (χ0v) is 3.44. The summed E-state index contributed by atoms with van der Waals surface area (Å²) in [7, 11) is 2.22. The molecular weight excluding hydrogens is 70.9 g/mol. The molecule has 0 atom stereocenters. The van der Waals surface area contributed by atoms with Crippen LogP contribution in [0.1, 0.15) is 6.42 Å². The van der Waals surface area contributed by atoms with E-state index in [1.54, 1.807) is 5.47 Å². The fraction of sp³-hybridized carbons (Fsp3) is 0.200. The summed E-state index contributed by atoms with van der Waals surface area (Å²) in [6.07, 6.45) is 5.58. The minimum Gasteiger partial charge on any atom is -0.105 e. The van der Waals surface area contributed by atoms with Gasteiger partial charge in [0.05, 0.1) is 0 Å². The van der Waals surface area contributed by atoms with E-state index in [2.05, 4.69) is 19.4 Å². The van der Waals surface area contributed by atoms with Crippen LogP contribution >= 0.6 is 0 Å². The summed E-state index contributed by atoms with van der Waals surface area (Å²) < 4.78 is 0. The summed E-state index contributed by atoms with van der Waals surface area (Å²) in [6, 6.07) is 0. The van der Waals surface area contributed by atoms with Gasteiger partial charge in [0.2, 0.25) is 0 Å². The maximum Gasteiger partial charge on any atom is 0.184 e. The van der Waals surface area contributed by atoms with Crippen LogP contribution in [0.3, 0.4) is 0 Å². The molecule has 1 aliphatic heterocycles. The molecule has 1 heteroatoms. The SMILES string of the molecule is [B]1C2=C1CC=C2. The summed E-state index contributed by atoms with van der Waals surface area (Å²) in [5, 5.41) is 0. The third-order valence-corrected chi connectivity index (χ3v) is 1.25. The first-order chi connectivity index (χ1) is 2.97. The average molecular weight is 74.9 g/mol. The Morgan fingerprint density at radius 2 is 2.67 bits per heavy atom. The number of allylic oxidation sites excluding steroid dienone is 4. The highest BCUT2D eigenvalue weighted by molar-refractivity contribution is 6.69. The monoisotopic (exact) mass is 75.0 g/mol. The van der Waals surface area contributed by atoms with Crippen LogP contribution in [-0.2, 0) is 0 Å². The molecule has 1 heterocycles. The van der Waals surface area contributed by atoms with Crippen LogP contribution in [0.4, 0.5) is 0 Å².